The summed E-state index contributed by atoms with van der Waals surface area (Å²) in [4.78, 5) is 17.4. The van der Waals surface area contributed by atoms with Crippen molar-refractivity contribution in [3.63, 3.8) is 0 Å². The SMILES string of the molecule is CCc1cc(OC)cc(C)c1S(=O)(=O)N(C)CCOCC(=O)Nc1cccc(N2CCC(N(C)C)CC2)c1. The highest BCUT2D eigenvalue weighted by atomic mass is 32.2. The molecule has 1 amide bonds. The number of carbonyl (C=O) groups is 1. The second kappa shape index (κ2) is 13.4. The molecule has 1 saturated heterocycles. The van der Waals surface area contributed by atoms with Gasteiger partial charge in [0.05, 0.1) is 18.6 Å². The molecule has 0 bridgehead atoms. The summed E-state index contributed by atoms with van der Waals surface area (Å²) in [6.07, 6.45) is 2.78. The summed E-state index contributed by atoms with van der Waals surface area (Å²) in [5, 5.41) is 2.88. The van der Waals surface area contributed by atoms with Gasteiger partial charge in [-0.15, -0.1) is 0 Å². The maximum Gasteiger partial charge on any atom is 0.250 e. The number of methoxy groups -OCH3 is 1. The third kappa shape index (κ3) is 7.47. The van der Waals surface area contributed by atoms with Crippen LogP contribution in [0.15, 0.2) is 41.3 Å². The van der Waals surface area contributed by atoms with Crippen LogP contribution < -0.4 is 15.0 Å². The minimum atomic E-state index is -3.72. The molecule has 1 aliphatic rings. The second-order valence-electron chi connectivity index (χ2n) is 9.95. The molecule has 9 nitrogen and oxygen atoms in total. The number of ether oxygens (including phenoxy) is 2. The topological polar surface area (TPSA) is 91.4 Å². The van der Waals surface area contributed by atoms with Crippen molar-refractivity contribution in [1.29, 1.82) is 0 Å². The summed E-state index contributed by atoms with van der Waals surface area (Å²) in [6, 6.07) is 11.9. The van der Waals surface area contributed by atoms with Crippen LogP contribution in [0.2, 0.25) is 0 Å². The minimum Gasteiger partial charge on any atom is -0.497 e. The van der Waals surface area contributed by atoms with E-state index in [1.165, 1.54) is 11.4 Å². The molecule has 10 heteroatoms. The standard InChI is InChI=1S/C28H42N4O5S/c1-7-22-18-26(36-6)17-21(2)28(22)38(34,35)31(5)15-16-37-20-27(33)29-23-9-8-10-25(19-23)32-13-11-24(12-14-32)30(3)4/h8-10,17-19,24H,7,11-16,20H2,1-6H3,(H,29,33). The Hall–Kier alpha value is -2.66. The predicted octanol–water partition coefficient (Wildman–Crippen LogP) is 3.37. The molecule has 0 saturated carbocycles. The lowest BCUT2D eigenvalue weighted by molar-refractivity contribution is -0.120. The van der Waals surface area contributed by atoms with Crippen LogP contribution in [0, 0.1) is 6.92 Å². The molecule has 2 aromatic rings. The van der Waals surface area contributed by atoms with Crippen molar-refractivity contribution in [2.24, 2.45) is 0 Å². The summed E-state index contributed by atoms with van der Waals surface area (Å²) in [7, 11) is 3.61. The van der Waals surface area contributed by atoms with Crippen LogP contribution in [0.3, 0.4) is 0 Å². The Kier molecular flexibility index (Phi) is 10.6. The molecule has 0 unspecified atom stereocenters. The third-order valence-corrected chi connectivity index (χ3v) is 9.19. The molecule has 0 aliphatic carbocycles. The fourth-order valence-electron chi connectivity index (χ4n) is 4.81. The van der Waals surface area contributed by atoms with Crippen LogP contribution in [0.5, 0.6) is 5.75 Å². The summed E-state index contributed by atoms with van der Waals surface area (Å²) < 4.78 is 38.6. The smallest absolute Gasteiger partial charge is 0.250 e. The number of aryl methyl sites for hydroxylation is 2. The molecule has 0 spiro atoms. The molecule has 0 radical (unpaired) electrons. The fourth-order valence-corrected chi connectivity index (χ4v) is 6.44. The van der Waals surface area contributed by atoms with Gasteiger partial charge in [-0.05, 0) is 81.7 Å². The fraction of sp³-hybridized carbons (Fsp3) is 0.536. The van der Waals surface area contributed by atoms with Crippen molar-refractivity contribution < 1.29 is 22.7 Å². The number of hydrogen-bond donors (Lipinski definition) is 1. The normalized spacial score (nSPS) is 14.8. The van der Waals surface area contributed by atoms with Crippen molar-refractivity contribution in [2.45, 2.75) is 44.0 Å². The molecule has 1 N–H and O–H groups in total. The molecule has 1 aliphatic heterocycles. The maximum absolute atomic E-state index is 13.3. The number of benzene rings is 2. The first-order valence-electron chi connectivity index (χ1n) is 13.1. The highest BCUT2D eigenvalue weighted by Crippen LogP contribution is 2.29. The van der Waals surface area contributed by atoms with Crippen molar-refractivity contribution in [1.82, 2.24) is 9.21 Å². The van der Waals surface area contributed by atoms with E-state index < -0.39 is 10.0 Å². The van der Waals surface area contributed by atoms with Gasteiger partial charge in [0.15, 0.2) is 0 Å². The van der Waals surface area contributed by atoms with E-state index in [0.717, 1.165) is 31.6 Å². The first-order chi connectivity index (χ1) is 18.1. The Bertz CT molecular complexity index is 1190. The van der Waals surface area contributed by atoms with E-state index in [4.69, 9.17) is 9.47 Å². The number of rotatable bonds is 12. The van der Waals surface area contributed by atoms with Gasteiger partial charge in [-0.1, -0.05) is 13.0 Å². The number of sulfonamides is 1. The van der Waals surface area contributed by atoms with Crippen molar-refractivity contribution in [3.8, 4) is 5.75 Å². The molecule has 38 heavy (non-hydrogen) atoms. The number of piperidine rings is 1. The van der Waals surface area contributed by atoms with E-state index in [9.17, 15) is 13.2 Å². The monoisotopic (exact) mass is 546 g/mol. The largest absolute Gasteiger partial charge is 0.497 e. The van der Waals surface area contributed by atoms with Gasteiger partial charge in [-0.25, -0.2) is 8.42 Å². The van der Waals surface area contributed by atoms with Gasteiger partial charge < -0.3 is 24.6 Å². The zero-order chi connectivity index (χ0) is 27.9. The molecule has 2 aromatic carbocycles. The number of amides is 1. The lowest BCUT2D eigenvalue weighted by Crippen LogP contribution is -2.42. The summed E-state index contributed by atoms with van der Waals surface area (Å²) in [5.41, 5.74) is 3.15. The Morgan fingerprint density at radius 3 is 2.47 bits per heavy atom. The highest BCUT2D eigenvalue weighted by molar-refractivity contribution is 7.89. The lowest BCUT2D eigenvalue weighted by Gasteiger charge is -2.36. The molecule has 3 rings (SSSR count). The summed E-state index contributed by atoms with van der Waals surface area (Å²) >= 11 is 0. The Morgan fingerprint density at radius 2 is 1.84 bits per heavy atom. The maximum atomic E-state index is 13.3. The number of anilines is 2. The first-order valence-corrected chi connectivity index (χ1v) is 14.5. The summed E-state index contributed by atoms with van der Waals surface area (Å²) in [6.45, 7) is 5.71. The quantitative estimate of drug-likeness (QED) is 0.408. The van der Waals surface area contributed by atoms with Crippen LogP contribution in [-0.2, 0) is 26.0 Å². The predicted molar refractivity (Wildman–Crippen MR) is 152 cm³/mol. The van der Waals surface area contributed by atoms with E-state index >= 15 is 0 Å². The number of nitrogens with one attached hydrogen (secondary N) is 1. The molecule has 210 valence electrons. The molecular weight excluding hydrogens is 504 g/mol. The molecule has 0 aromatic heterocycles. The Morgan fingerprint density at radius 1 is 1.13 bits per heavy atom. The first kappa shape index (κ1) is 29.9. The van der Waals surface area contributed by atoms with Crippen molar-refractivity contribution in [3.05, 3.63) is 47.5 Å². The van der Waals surface area contributed by atoms with E-state index in [1.807, 2.05) is 25.1 Å². The average Bonchev–Trinajstić information content (AvgIpc) is 2.90. The molecule has 0 atom stereocenters. The van der Waals surface area contributed by atoms with Gasteiger partial charge in [0, 0.05) is 44.1 Å². The Balaban J connectivity index is 1.49. The van der Waals surface area contributed by atoms with Crippen LogP contribution in [0.4, 0.5) is 11.4 Å². The van der Waals surface area contributed by atoms with E-state index in [-0.39, 0.29) is 25.7 Å². The van der Waals surface area contributed by atoms with Crippen LogP contribution in [0.1, 0.15) is 30.9 Å². The Labute approximate surface area is 227 Å². The van der Waals surface area contributed by atoms with Gasteiger partial charge in [0.2, 0.25) is 15.9 Å². The number of likely N-dealkylation sites (N-methyl/N-ethyl adjacent to an activating group) is 1. The van der Waals surface area contributed by atoms with E-state index in [2.05, 4.69) is 35.3 Å². The van der Waals surface area contributed by atoms with Crippen LogP contribution >= 0.6 is 0 Å². The lowest BCUT2D eigenvalue weighted by atomic mass is 10.0. The van der Waals surface area contributed by atoms with Crippen LogP contribution in [0.25, 0.3) is 0 Å². The van der Waals surface area contributed by atoms with Crippen molar-refractivity contribution in [2.75, 3.05) is 71.3 Å². The second-order valence-corrected chi connectivity index (χ2v) is 11.9. The molecular formula is C28H42N4O5S. The number of hydrogen-bond acceptors (Lipinski definition) is 7. The average molecular weight is 547 g/mol. The zero-order valence-electron chi connectivity index (χ0n) is 23.5. The zero-order valence-corrected chi connectivity index (χ0v) is 24.3. The van der Waals surface area contributed by atoms with Crippen molar-refractivity contribution >= 4 is 27.3 Å². The summed E-state index contributed by atoms with van der Waals surface area (Å²) in [5.74, 6) is 0.355. The van der Waals surface area contributed by atoms with Crippen LogP contribution in [-0.4, -0.2) is 90.7 Å². The highest BCUT2D eigenvalue weighted by Gasteiger charge is 2.26. The minimum absolute atomic E-state index is 0.0979. The third-order valence-electron chi connectivity index (χ3n) is 7.08. The van der Waals surface area contributed by atoms with Gasteiger partial charge in [-0.2, -0.15) is 4.31 Å². The van der Waals surface area contributed by atoms with E-state index in [1.54, 1.807) is 26.2 Å². The number of nitrogens with zero attached hydrogens (tertiary/aromatic N) is 3. The van der Waals surface area contributed by atoms with Gasteiger partial charge >= 0.3 is 0 Å². The van der Waals surface area contributed by atoms with E-state index in [0.29, 0.717) is 39.9 Å². The van der Waals surface area contributed by atoms with Gasteiger partial charge in [0.1, 0.15) is 12.4 Å². The molecule has 1 fully saturated rings. The van der Waals surface area contributed by atoms with Gasteiger partial charge in [0.25, 0.3) is 0 Å². The van der Waals surface area contributed by atoms with Gasteiger partial charge in [-0.3, -0.25) is 4.79 Å². The number of carbonyl (C=O) groups excluding carboxylic acids is 1. The molecule has 1 heterocycles.